The summed E-state index contributed by atoms with van der Waals surface area (Å²) in [5.74, 6) is 0. The molecule has 0 bridgehead atoms. The summed E-state index contributed by atoms with van der Waals surface area (Å²) in [5.41, 5.74) is 0.753. The molecule has 0 amide bonds. The van der Waals surface area contributed by atoms with Gasteiger partial charge in [0.05, 0.1) is 10.6 Å². The predicted octanol–water partition coefficient (Wildman–Crippen LogP) is 4.48. The highest BCUT2D eigenvalue weighted by Gasteiger charge is 2.34. The lowest BCUT2D eigenvalue weighted by Gasteiger charge is -2.14. The van der Waals surface area contributed by atoms with Crippen LogP contribution < -0.4 is 0 Å². The molecular weight excluding hydrogens is 225 g/mol. The van der Waals surface area contributed by atoms with Gasteiger partial charge in [0.2, 0.25) is 0 Å². The smallest absolute Gasteiger partial charge is 0.166 e. The third-order valence-corrected chi connectivity index (χ3v) is 2.81. The van der Waals surface area contributed by atoms with Crippen LogP contribution >= 0.6 is 11.6 Å². The van der Waals surface area contributed by atoms with Crippen LogP contribution in [-0.4, -0.2) is 0 Å². The quantitative estimate of drug-likeness (QED) is 0.710. The summed E-state index contributed by atoms with van der Waals surface area (Å²) in [6.45, 7) is 3.71. The van der Waals surface area contributed by atoms with E-state index in [1.807, 2.05) is 6.92 Å². The van der Waals surface area contributed by atoms with Crippen LogP contribution in [0.1, 0.15) is 30.5 Å². The first-order valence-electron chi connectivity index (χ1n) is 4.79. The third kappa shape index (κ3) is 2.46. The molecule has 0 unspecified atom stereocenters. The van der Waals surface area contributed by atoms with Crippen molar-refractivity contribution in [2.75, 3.05) is 0 Å². The van der Waals surface area contributed by atoms with E-state index in [9.17, 15) is 13.2 Å². The van der Waals surface area contributed by atoms with Gasteiger partial charge in [0.15, 0.2) is 0 Å². The second-order valence-corrected chi connectivity index (χ2v) is 3.65. The minimum absolute atomic E-state index is 0.149. The first-order valence-corrected chi connectivity index (χ1v) is 5.17. The van der Waals surface area contributed by atoms with Crippen molar-refractivity contribution >= 4 is 11.6 Å². The molecule has 0 fully saturated rings. The third-order valence-electron chi connectivity index (χ3n) is 2.38. The van der Waals surface area contributed by atoms with Crippen LogP contribution in [0.5, 0.6) is 0 Å². The molecule has 0 N–H and O–H groups in total. The highest BCUT2D eigenvalue weighted by atomic mass is 35.5. The maximum Gasteiger partial charge on any atom is 0.417 e. The summed E-state index contributed by atoms with van der Waals surface area (Å²) >= 11 is 5.76. The lowest BCUT2D eigenvalue weighted by Crippen LogP contribution is -2.08. The molecule has 84 valence electrons. The molecule has 1 rings (SSSR count). The normalized spacial score (nSPS) is 11.9. The maximum absolute atomic E-state index is 12.5. The zero-order valence-electron chi connectivity index (χ0n) is 8.58. The molecular formula is C11H12ClF3. The Hall–Kier alpha value is -0.700. The zero-order chi connectivity index (χ0) is 11.6. The molecule has 4 heteroatoms. The van der Waals surface area contributed by atoms with E-state index in [1.165, 1.54) is 6.07 Å². The number of halogens is 4. The average molecular weight is 237 g/mol. The van der Waals surface area contributed by atoms with Gasteiger partial charge in [-0.15, -0.1) is 0 Å². The summed E-state index contributed by atoms with van der Waals surface area (Å²) in [5, 5.41) is -0.149. The van der Waals surface area contributed by atoms with E-state index in [1.54, 1.807) is 6.92 Å². The van der Waals surface area contributed by atoms with E-state index in [4.69, 9.17) is 11.6 Å². The Balaban J connectivity index is 3.36. The van der Waals surface area contributed by atoms with Crippen molar-refractivity contribution in [3.8, 4) is 0 Å². The Morgan fingerprint density at radius 2 is 1.73 bits per heavy atom. The number of alkyl halides is 3. The molecule has 1 aromatic rings. The predicted molar refractivity (Wildman–Crippen MR) is 55.2 cm³/mol. The molecule has 0 radical (unpaired) electrons. The second kappa shape index (κ2) is 4.44. The van der Waals surface area contributed by atoms with Crippen LogP contribution in [0, 0.1) is 0 Å². The molecule has 0 aliphatic rings. The SMILES string of the molecule is CCc1ccc(C(F)(F)F)c(Cl)c1CC. The van der Waals surface area contributed by atoms with Crippen molar-refractivity contribution < 1.29 is 13.2 Å². The van der Waals surface area contributed by atoms with E-state index >= 15 is 0 Å². The van der Waals surface area contributed by atoms with Crippen molar-refractivity contribution in [3.63, 3.8) is 0 Å². The van der Waals surface area contributed by atoms with Crippen LogP contribution in [0.4, 0.5) is 13.2 Å². The number of hydrogen-bond donors (Lipinski definition) is 0. The summed E-state index contributed by atoms with van der Waals surface area (Å²) < 4.78 is 37.5. The minimum Gasteiger partial charge on any atom is -0.166 e. The van der Waals surface area contributed by atoms with Gasteiger partial charge >= 0.3 is 6.18 Å². The van der Waals surface area contributed by atoms with E-state index in [-0.39, 0.29) is 5.02 Å². The molecule has 0 heterocycles. The van der Waals surface area contributed by atoms with Gasteiger partial charge in [-0.25, -0.2) is 0 Å². The van der Waals surface area contributed by atoms with Crippen LogP contribution in [0.2, 0.25) is 5.02 Å². The highest BCUT2D eigenvalue weighted by Crippen LogP contribution is 2.37. The van der Waals surface area contributed by atoms with Gasteiger partial charge in [-0.1, -0.05) is 31.5 Å². The fraction of sp³-hybridized carbons (Fsp3) is 0.455. The second-order valence-electron chi connectivity index (χ2n) is 3.27. The molecule has 1 aromatic carbocycles. The Kier molecular flexibility index (Phi) is 3.66. The minimum atomic E-state index is -4.37. The standard InChI is InChI=1S/C11H12ClF3/c1-3-7-5-6-9(11(13,14)15)10(12)8(7)4-2/h5-6H,3-4H2,1-2H3. The highest BCUT2D eigenvalue weighted by molar-refractivity contribution is 6.32. The zero-order valence-corrected chi connectivity index (χ0v) is 9.34. The van der Waals surface area contributed by atoms with E-state index in [2.05, 4.69) is 0 Å². The van der Waals surface area contributed by atoms with Gasteiger partial charge in [0, 0.05) is 0 Å². The van der Waals surface area contributed by atoms with Crippen molar-refractivity contribution in [1.29, 1.82) is 0 Å². The lowest BCUT2D eigenvalue weighted by atomic mass is 9.99. The summed E-state index contributed by atoms with van der Waals surface area (Å²) in [6.07, 6.45) is -3.15. The molecule has 0 saturated heterocycles. The van der Waals surface area contributed by atoms with Crippen LogP contribution in [0.3, 0.4) is 0 Å². The largest absolute Gasteiger partial charge is 0.417 e. The van der Waals surface area contributed by atoms with Gasteiger partial charge in [0.25, 0.3) is 0 Å². The fourth-order valence-corrected chi connectivity index (χ4v) is 2.02. The van der Waals surface area contributed by atoms with E-state index < -0.39 is 11.7 Å². The Morgan fingerprint density at radius 1 is 1.13 bits per heavy atom. The fourth-order valence-electron chi connectivity index (χ4n) is 1.59. The van der Waals surface area contributed by atoms with Crippen LogP contribution in [0.15, 0.2) is 12.1 Å². The topological polar surface area (TPSA) is 0 Å². The van der Waals surface area contributed by atoms with E-state index in [0.29, 0.717) is 18.4 Å². The van der Waals surface area contributed by atoms with Gasteiger partial charge < -0.3 is 0 Å². The van der Waals surface area contributed by atoms with Crippen molar-refractivity contribution in [3.05, 3.63) is 33.8 Å². The summed E-state index contributed by atoms with van der Waals surface area (Å²) in [7, 11) is 0. The monoisotopic (exact) mass is 236 g/mol. The molecule has 0 nitrogen and oxygen atoms in total. The number of benzene rings is 1. The molecule has 15 heavy (non-hydrogen) atoms. The Morgan fingerprint density at radius 3 is 2.13 bits per heavy atom. The van der Waals surface area contributed by atoms with E-state index in [0.717, 1.165) is 11.6 Å². The number of rotatable bonds is 2. The first-order chi connectivity index (χ1) is 6.91. The van der Waals surface area contributed by atoms with Gasteiger partial charge in [-0.2, -0.15) is 13.2 Å². The molecule has 0 spiro atoms. The Bertz CT molecular complexity index is 356. The van der Waals surface area contributed by atoms with Crippen molar-refractivity contribution in [2.24, 2.45) is 0 Å². The van der Waals surface area contributed by atoms with Gasteiger partial charge in [-0.05, 0) is 30.0 Å². The molecule has 0 aliphatic heterocycles. The Labute approximate surface area is 92.1 Å². The number of aryl methyl sites for hydroxylation is 1. The maximum atomic E-state index is 12.5. The van der Waals surface area contributed by atoms with Crippen molar-refractivity contribution in [1.82, 2.24) is 0 Å². The van der Waals surface area contributed by atoms with Gasteiger partial charge in [-0.3, -0.25) is 0 Å². The van der Waals surface area contributed by atoms with Gasteiger partial charge in [0.1, 0.15) is 0 Å². The number of hydrogen-bond acceptors (Lipinski definition) is 0. The molecule has 0 atom stereocenters. The molecule has 0 aromatic heterocycles. The lowest BCUT2D eigenvalue weighted by molar-refractivity contribution is -0.137. The van der Waals surface area contributed by atoms with Crippen molar-refractivity contribution in [2.45, 2.75) is 32.9 Å². The first kappa shape index (κ1) is 12.4. The summed E-state index contributed by atoms with van der Waals surface area (Å²) in [6, 6.07) is 2.56. The molecule has 0 aliphatic carbocycles. The molecule has 0 saturated carbocycles. The summed E-state index contributed by atoms with van der Waals surface area (Å²) in [4.78, 5) is 0. The van der Waals surface area contributed by atoms with Crippen LogP contribution in [0.25, 0.3) is 0 Å². The van der Waals surface area contributed by atoms with Crippen LogP contribution in [-0.2, 0) is 19.0 Å². The average Bonchev–Trinajstić information content (AvgIpc) is 2.15.